The SMILES string of the molecule is CN1CCCN(c2ccc(NC(=O)C(C)(C)NC(=O)c3ccc(Cl)s3)cc2C(F)(F)F)CC1. The number of thiophene rings is 1. The molecule has 1 saturated heterocycles. The summed E-state index contributed by atoms with van der Waals surface area (Å²) < 4.78 is 42.1. The van der Waals surface area contributed by atoms with Gasteiger partial charge in [0, 0.05) is 31.0 Å². The Morgan fingerprint density at radius 1 is 1.06 bits per heavy atom. The van der Waals surface area contributed by atoms with E-state index < -0.39 is 29.1 Å². The minimum absolute atomic E-state index is 0.00417. The number of alkyl halides is 3. The minimum Gasteiger partial charge on any atom is -0.370 e. The van der Waals surface area contributed by atoms with Crippen molar-refractivity contribution in [2.45, 2.75) is 32.0 Å². The average molecular weight is 503 g/mol. The molecule has 2 aromatic rings. The predicted molar refractivity (Wildman–Crippen MR) is 125 cm³/mol. The highest BCUT2D eigenvalue weighted by molar-refractivity contribution is 7.18. The van der Waals surface area contributed by atoms with Crippen LogP contribution in [-0.2, 0) is 11.0 Å². The molecule has 0 saturated carbocycles. The number of hydrogen-bond acceptors (Lipinski definition) is 5. The van der Waals surface area contributed by atoms with Gasteiger partial charge in [-0.05, 0) is 64.2 Å². The lowest BCUT2D eigenvalue weighted by Gasteiger charge is -2.28. The van der Waals surface area contributed by atoms with Crippen molar-refractivity contribution in [3.05, 3.63) is 45.1 Å². The van der Waals surface area contributed by atoms with E-state index in [1.54, 1.807) is 11.0 Å². The first-order valence-corrected chi connectivity index (χ1v) is 11.6. The summed E-state index contributed by atoms with van der Waals surface area (Å²) >= 11 is 6.91. The molecule has 33 heavy (non-hydrogen) atoms. The summed E-state index contributed by atoms with van der Waals surface area (Å²) in [5.74, 6) is -1.14. The molecule has 6 nitrogen and oxygen atoms in total. The Hall–Kier alpha value is -2.30. The molecule has 0 radical (unpaired) electrons. The van der Waals surface area contributed by atoms with Crippen LogP contribution in [0.5, 0.6) is 0 Å². The Labute approximate surface area is 199 Å². The molecular formula is C22H26ClF3N4O2S. The fourth-order valence-electron chi connectivity index (χ4n) is 3.53. The molecular weight excluding hydrogens is 477 g/mol. The monoisotopic (exact) mass is 502 g/mol. The van der Waals surface area contributed by atoms with Crippen molar-refractivity contribution in [3.8, 4) is 0 Å². The Kier molecular flexibility index (Phi) is 7.60. The van der Waals surface area contributed by atoms with E-state index >= 15 is 0 Å². The van der Waals surface area contributed by atoms with Gasteiger partial charge in [0.25, 0.3) is 5.91 Å². The van der Waals surface area contributed by atoms with Crippen molar-refractivity contribution in [1.82, 2.24) is 10.2 Å². The molecule has 180 valence electrons. The van der Waals surface area contributed by atoms with E-state index in [1.165, 1.54) is 32.0 Å². The second-order valence-electron chi connectivity index (χ2n) is 8.51. The highest BCUT2D eigenvalue weighted by Gasteiger charge is 2.36. The Bertz CT molecular complexity index is 1030. The van der Waals surface area contributed by atoms with Crippen LogP contribution in [0.1, 0.15) is 35.5 Å². The molecule has 1 fully saturated rings. The average Bonchev–Trinajstić information content (AvgIpc) is 3.04. The highest BCUT2D eigenvalue weighted by atomic mass is 35.5. The van der Waals surface area contributed by atoms with Crippen molar-refractivity contribution in [1.29, 1.82) is 0 Å². The van der Waals surface area contributed by atoms with E-state index in [0.29, 0.717) is 28.8 Å². The molecule has 1 aromatic carbocycles. The summed E-state index contributed by atoms with van der Waals surface area (Å²) in [4.78, 5) is 29.3. The van der Waals surface area contributed by atoms with E-state index in [9.17, 15) is 22.8 Å². The van der Waals surface area contributed by atoms with Gasteiger partial charge in [-0.3, -0.25) is 9.59 Å². The number of carbonyl (C=O) groups excluding carboxylic acids is 2. The molecule has 2 amide bonds. The Morgan fingerprint density at radius 2 is 1.79 bits per heavy atom. The Morgan fingerprint density at radius 3 is 2.42 bits per heavy atom. The van der Waals surface area contributed by atoms with Crippen molar-refractivity contribution in [2.75, 3.05) is 43.4 Å². The number of rotatable bonds is 5. The molecule has 0 unspecified atom stereocenters. The maximum absolute atomic E-state index is 13.9. The van der Waals surface area contributed by atoms with Crippen molar-refractivity contribution < 1.29 is 22.8 Å². The topological polar surface area (TPSA) is 64.7 Å². The lowest BCUT2D eigenvalue weighted by Crippen LogP contribution is -2.52. The van der Waals surface area contributed by atoms with Gasteiger partial charge in [0.15, 0.2) is 0 Å². The van der Waals surface area contributed by atoms with Crippen molar-refractivity contribution >= 4 is 46.1 Å². The zero-order valence-electron chi connectivity index (χ0n) is 18.6. The van der Waals surface area contributed by atoms with Gasteiger partial charge in [0.1, 0.15) is 5.54 Å². The van der Waals surface area contributed by atoms with E-state index in [1.807, 2.05) is 7.05 Å². The number of hydrogen-bond donors (Lipinski definition) is 2. The van der Waals surface area contributed by atoms with E-state index in [2.05, 4.69) is 15.5 Å². The quantitative estimate of drug-likeness (QED) is 0.621. The number of benzene rings is 1. The number of anilines is 2. The Balaban J connectivity index is 1.78. The molecule has 2 N–H and O–H groups in total. The zero-order valence-corrected chi connectivity index (χ0v) is 20.1. The van der Waals surface area contributed by atoms with Gasteiger partial charge in [-0.25, -0.2) is 0 Å². The normalized spacial score (nSPS) is 15.8. The van der Waals surface area contributed by atoms with Gasteiger partial charge in [-0.2, -0.15) is 13.2 Å². The van der Waals surface area contributed by atoms with E-state index in [0.717, 1.165) is 30.4 Å². The standard InChI is InChI=1S/C22H26ClF3N4O2S/c1-21(2,28-19(31)17-7-8-18(23)33-17)20(32)27-14-5-6-16(15(13-14)22(24,25)26)30-10-4-9-29(3)11-12-30/h5-8,13H,4,9-12H2,1-3H3,(H,27,32)(H,28,31). The predicted octanol–water partition coefficient (Wildman–Crippen LogP) is 4.71. The van der Waals surface area contributed by atoms with Crippen LogP contribution in [0, 0.1) is 0 Å². The number of nitrogens with one attached hydrogen (secondary N) is 2. The van der Waals surface area contributed by atoms with Gasteiger partial charge in [-0.15, -0.1) is 11.3 Å². The van der Waals surface area contributed by atoms with Crippen LogP contribution in [0.15, 0.2) is 30.3 Å². The minimum atomic E-state index is -4.59. The number of likely N-dealkylation sites (N-methyl/N-ethyl adjacent to an activating group) is 1. The van der Waals surface area contributed by atoms with Crippen LogP contribution in [0.3, 0.4) is 0 Å². The third-order valence-electron chi connectivity index (χ3n) is 5.41. The van der Waals surface area contributed by atoms with Crippen LogP contribution in [0.2, 0.25) is 4.34 Å². The summed E-state index contributed by atoms with van der Waals surface area (Å²) in [7, 11) is 1.94. The lowest BCUT2D eigenvalue weighted by atomic mass is 10.0. The number of nitrogens with zero attached hydrogens (tertiary/aromatic N) is 2. The van der Waals surface area contributed by atoms with Gasteiger partial charge < -0.3 is 20.4 Å². The van der Waals surface area contributed by atoms with Crippen LogP contribution in [0.25, 0.3) is 0 Å². The second-order valence-corrected chi connectivity index (χ2v) is 10.2. The molecule has 3 rings (SSSR count). The van der Waals surface area contributed by atoms with Gasteiger partial charge in [0.05, 0.1) is 14.8 Å². The van der Waals surface area contributed by atoms with E-state index in [-0.39, 0.29) is 11.4 Å². The number of halogens is 4. The highest BCUT2D eigenvalue weighted by Crippen LogP contribution is 2.38. The number of amides is 2. The van der Waals surface area contributed by atoms with Crippen LogP contribution < -0.4 is 15.5 Å². The fourth-order valence-corrected chi connectivity index (χ4v) is 4.47. The maximum Gasteiger partial charge on any atom is 0.418 e. The zero-order chi connectivity index (χ0) is 24.4. The summed E-state index contributed by atoms with van der Waals surface area (Å²) in [5, 5.41) is 5.09. The smallest absolute Gasteiger partial charge is 0.370 e. The summed E-state index contributed by atoms with van der Waals surface area (Å²) in [6.07, 6.45) is -3.83. The first kappa shape index (κ1) is 25.3. The largest absolute Gasteiger partial charge is 0.418 e. The third-order valence-corrected chi connectivity index (χ3v) is 6.64. The van der Waals surface area contributed by atoms with E-state index in [4.69, 9.17) is 11.6 Å². The molecule has 0 bridgehead atoms. The summed E-state index contributed by atoms with van der Waals surface area (Å²) in [6, 6.07) is 6.89. The first-order valence-electron chi connectivity index (χ1n) is 10.4. The molecule has 0 atom stereocenters. The second kappa shape index (κ2) is 9.90. The molecule has 2 heterocycles. The van der Waals surface area contributed by atoms with Crippen LogP contribution >= 0.6 is 22.9 Å². The molecule has 1 aliphatic rings. The molecule has 0 spiro atoms. The molecule has 0 aliphatic carbocycles. The van der Waals surface area contributed by atoms with Crippen molar-refractivity contribution in [3.63, 3.8) is 0 Å². The van der Waals surface area contributed by atoms with Crippen LogP contribution in [-0.4, -0.2) is 55.5 Å². The number of carbonyl (C=O) groups is 2. The van der Waals surface area contributed by atoms with Crippen LogP contribution in [0.4, 0.5) is 24.5 Å². The van der Waals surface area contributed by atoms with Gasteiger partial charge in [0.2, 0.25) is 5.91 Å². The fraction of sp³-hybridized carbons (Fsp3) is 0.455. The van der Waals surface area contributed by atoms with Gasteiger partial charge >= 0.3 is 6.18 Å². The molecule has 1 aromatic heterocycles. The maximum atomic E-state index is 13.9. The molecule has 1 aliphatic heterocycles. The van der Waals surface area contributed by atoms with Gasteiger partial charge in [-0.1, -0.05) is 11.6 Å². The summed E-state index contributed by atoms with van der Waals surface area (Å²) in [5.41, 5.74) is -2.08. The lowest BCUT2D eigenvalue weighted by molar-refractivity contribution is -0.137. The molecule has 11 heteroatoms. The first-order chi connectivity index (χ1) is 15.4. The summed E-state index contributed by atoms with van der Waals surface area (Å²) in [6.45, 7) is 5.44. The van der Waals surface area contributed by atoms with Crippen molar-refractivity contribution in [2.24, 2.45) is 0 Å². The third kappa shape index (κ3) is 6.39.